The molecule has 2 aliphatic rings. The number of nitrogens with one attached hydrogen (secondary N) is 1. The molecule has 0 aromatic heterocycles. The zero-order valence-electron chi connectivity index (χ0n) is 8.31. The van der Waals surface area contributed by atoms with Crippen LogP contribution >= 0.6 is 15.9 Å². The molecule has 4 heteroatoms. The van der Waals surface area contributed by atoms with E-state index in [0.717, 1.165) is 27.2 Å². The molecular formula is C12H8BrN3. The molecule has 0 bridgehead atoms. The zero-order chi connectivity index (χ0) is 11.0. The van der Waals surface area contributed by atoms with E-state index in [1.54, 1.807) is 12.4 Å². The molecule has 1 N–H and O–H groups in total. The van der Waals surface area contributed by atoms with Gasteiger partial charge in [-0.25, -0.2) is 9.97 Å². The van der Waals surface area contributed by atoms with Gasteiger partial charge in [-0.05, 0) is 23.8 Å². The van der Waals surface area contributed by atoms with Crippen molar-refractivity contribution in [2.24, 2.45) is 0 Å². The highest BCUT2D eigenvalue weighted by molar-refractivity contribution is 9.10. The lowest BCUT2D eigenvalue weighted by atomic mass is 10.1. The Labute approximate surface area is 101 Å². The minimum atomic E-state index is 0.751. The maximum atomic E-state index is 4.29. The molecule has 2 heterocycles. The van der Waals surface area contributed by atoms with Crippen LogP contribution in [0.2, 0.25) is 0 Å². The second kappa shape index (κ2) is 3.72. The minimum Gasteiger partial charge on any atom is -0.351 e. The number of halogens is 1. The number of aromatic nitrogens is 3. The zero-order valence-corrected chi connectivity index (χ0v) is 9.90. The molecule has 0 radical (unpaired) electrons. The second-order valence-corrected chi connectivity index (χ2v) is 4.40. The first-order valence-electron chi connectivity index (χ1n) is 4.88. The average molecular weight is 274 g/mol. The van der Waals surface area contributed by atoms with Gasteiger partial charge in [0.15, 0.2) is 5.82 Å². The van der Waals surface area contributed by atoms with Gasteiger partial charge in [0, 0.05) is 10.7 Å². The number of aromatic amines is 1. The van der Waals surface area contributed by atoms with Crippen molar-refractivity contribution in [2.75, 3.05) is 0 Å². The lowest BCUT2D eigenvalue weighted by Gasteiger charge is -2.04. The normalized spacial score (nSPS) is 10.8. The number of hydrogen-bond donors (Lipinski definition) is 1. The van der Waals surface area contributed by atoms with E-state index in [0.29, 0.717) is 0 Å². The summed E-state index contributed by atoms with van der Waals surface area (Å²) >= 11 is 3.42. The largest absolute Gasteiger partial charge is 0.351 e. The highest BCUT2D eigenvalue weighted by Crippen LogP contribution is 2.22. The second-order valence-electron chi connectivity index (χ2n) is 3.49. The number of benzene rings is 1. The predicted molar refractivity (Wildman–Crippen MR) is 66.1 cm³/mol. The SMILES string of the molecule is Brc1ccc(-c2cnc3nccc-3[nH]2)cc1. The van der Waals surface area contributed by atoms with Crippen LogP contribution in [0.3, 0.4) is 0 Å². The highest BCUT2D eigenvalue weighted by atomic mass is 79.9. The van der Waals surface area contributed by atoms with Crippen LogP contribution in [0.1, 0.15) is 0 Å². The molecule has 78 valence electrons. The summed E-state index contributed by atoms with van der Waals surface area (Å²) in [5.74, 6) is 0.751. The van der Waals surface area contributed by atoms with Gasteiger partial charge in [-0.2, -0.15) is 0 Å². The predicted octanol–water partition coefficient (Wildman–Crippen LogP) is 3.34. The van der Waals surface area contributed by atoms with E-state index in [1.807, 2.05) is 30.3 Å². The molecular weight excluding hydrogens is 266 g/mol. The van der Waals surface area contributed by atoms with Gasteiger partial charge in [-0.3, -0.25) is 0 Å². The molecule has 0 atom stereocenters. The van der Waals surface area contributed by atoms with Crippen molar-refractivity contribution in [3.05, 3.63) is 47.2 Å². The van der Waals surface area contributed by atoms with Gasteiger partial charge in [-0.1, -0.05) is 28.1 Å². The third kappa shape index (κ3) is 1.61. The van der Waals surface area contributed by atoms with E-state index in [-0.39, 0.29) is 0 Å². The topological polar surface area (TPSA) is 41.6 Å². The van der Waals surface area contributed by atoms with Crippen molar-refractivity contribution in [1.82, 2.24) is 15.0 Å². The van der Waals surface area contributed by atoms with Crippen molar-refractivity contribution in [2.45, 2.75) is 0 Å². The van der Waals surface area contributed by atoms with Crippen LogP contribution in [0.5, 0.6) is 0 Å². The molecule has 16 heavy (non-hydrogen) atoms. The number of hydrogen-bond acceptors (Lipinski definition) is 2. The molecule has 0 saturated heterocycles. The summed E-state index contributed by atoms with van der Waals surface area (Å²) in [7, 11) is 0. The fourth-order valence-electron chi connectivity index (χ4n) is 1.61. The molecule has 0 spiro atoms. The fourth-order valence-corrected chi connectivity index (χ4v) is 1.87. The Bertz CT molecular complexity index is 586. The van der Waals surface area contributed by atoms with Gasteiger partial charge in [0.25, 0.3) is 0 Å². The van der Waals surface area contributed by atoms with Gasteiger partial charge < -0.3 is 4.98 Å². The summed E-state index contributed by atoms with van der Waals surface area (Å²) in [6.45, 7) is 0. The molecule has 3 rings (SSSR count). The summed E-state index contributed by atoms with van der Waals surface area (Å²) in [6, 6.07) is 10.0. The van der Waals surface area contributed by atoms with Gasteiger partial charge in [0.05, 0.1) is 17.6 Å². The van der Waals surface area contributed by atoms with Crippen LogP contribution < -0.4 is 0 Å². The van der Waals surface area contributed by atoms with E-state index in [1.165, 1.54) is 0 Å². The van der Waals surface area contributed by atoms with Gasteiger partial charge >= 0.3 is 0 Å². The third-order valence-electron chi connectivity index (χ3n) is 2.42. The molecule has 0 unspecified atom stereocenters. The molecule has 0 fully saturated rings. The first-order chi connectivity index (χ1) is 7.83. The van der Waals surface area contributed by atoms with Crippen LogP contribution in [0, 0.1) is 0 Å². The average Bonchev–Trinajstić information content (AvgIpc) is 2.77. The van der Waals surface area contributed by atoms with Crippen LogP contribution in [0.25, 0.3) is 22.8 Å². The van der Waals surface area contributed by atoms with Crippen molar-refractivity contribution in [1.29, 1.82) is 0 Å². The van der Waals surface area contributed by atoms with Crippen molar-refractivity contribution < 1.29 is 0 Å². The van der Waals surface area contributed by atoms with Gasteiger partial charge in [-0.15, -0.1) is 0 Å². The molecule has 3 nitrogen and oxygen atoms in total. The van der Waals surface area contributed by atoms with Crippen molar-refractivity contribution in [3.8, 4) is 22.8 Å². The molecule has 0 saturated carbocycles. The maximum absolute atomic E-state index is 4.29. The standard InChI is InChI=1S/C12H8BrN3/c13-9-3-1-8(2-4-9)11-7-15-12-10(16-11)5-6-14-12/h1-7,16H. The van der Waals surface area contributed by atoms with E-state index >= 15 is 0 Å². The fraction of sp³-hybridized carbons (Fsp3) is 0. The van der Waals surface area contributed by atoms with Gasteiger partial charge in [0.1, 0.15) is 0 Å². The summed E-state index contributed by atoms with van der Waals surface area (Å²) in [4.78, 5) is 11.7. The Balaban J connectivity index is 2.12. The summed E-state index contributed by atoms with van der Waals surface area (Å²) in [5, 5.41) is 0. The van der Waals surface area contributed by atoms with E-state index in [9.17, 15) is 0 Å². The number of rotatable bonds is 1. The van der Waals surface area contributed by atoms with E-state index < -0.39 is 0 Å². The summed E-state index contributed by atoms with van der Waals surface area (Å²) in [5.41, 5.74) is 3.06. The van der Waals surface area contributed by atoms with Crippen molar-refractivity contribution >= 4 is 15.9 Å². The highest BCUT2D eigenvalue weighted by Gasteiger charge is 2.06. The summed E-state index contributed by atoms with van der Waals surface area (Å²) in [6.07, 6.45) is 3.55. The maximum Gasteiger partial charge on any atom is 0.176 e. The quantitative estimate of drug-likeness (QED) is 0.739. The molecule has 2 aliphatic heterocycles. The number of H-pyrrole nitrogens is 1. The first kappa shape index (κ1) is 9.54. The Morgan fingerprint density at radius 3 is 2.56 bits per heavy atom. The molecule has 0 amide bonds. The van der Waals surface area contributed by atoms with Crippen LogP contribution in [0.15, 0.2) is 47.2 Å². The Morgan fingerprint density at radius 1 is 0.938 bits per heavy atom. The number of nitrogens with zero attached hydrogens (tertiary/aromatic N) is 2. The Morgan fingerprint density at radius 2 is 1.75 bits per heavy atom. The smallest absolute Gasteiger partial charge is 0.176 e. The first-order valence-corrected chi connectivity index (χ1v) is 5.68. The Kier molecular flexibility index (Phi) is 2.22. The van der Waals surface area contributed by atoms with Crippen LogP contribution in [-0.2, 0) is 0 Å². The summed E-state index contributed by atoms with van der Waals surface area (Å²) < 4.78 is 1.07. The monoisotopic (exact) mass is 273 g/mol. The van der Waals surface area contributed by atoms with Gasteiger partial charge in [0.2, 0.25) is 0 Å². The van der Waals surface area contributed by atoms with E-state index in [4.69, 9.17) is 0 Å². The number of fused-ring (bicyclic) bond motifs is 1. The lowest BCUT2D eigenvalue weighted by molar-refractivity contribution is 1.16. The molecule has 1 aromatic rings. The molecule has 0 aliphatic carbocycles. The van der Waals surface area contributed by atoms with E-state index in [2.05, 4.69) is 30.9 Å². The lowest BCUT2D eigenvalue weighted by Crippen LogP contribution is -1.91. The van der Waals surface area contributed by atoms with Crippen LogP contribution in [-0.4, -0.2) is 15.0 Å². The molecule has 1 aromatic carbocycles. The Hall–Kier alpha value is -1.68. The van der Waals surface area contributed by atoms with Crippen molar-refractivity contribution in [3.63, 3.8) is 0 Å². The minimum absolute atomic E-state index is 0.751. The third-order valence-corrected chi connectivity index (χ3v) is 2.95. The van der Waals surface area contributed by atoms with Crippen LogP contribution in [0.4, 0.5) is 0 Å².